The van der Waals surface area contributed by atoms with Gasteiger partial charge in [0.15, 0.2) is 0 Å². The molecule has 2 aromatic carbocycles. The first kappa shape index (κ1) is 13.1. The molecule has 0 fully saturated rings. The summed E-state index contributed by atoms with van der Waals surface area (Å²) in [6.07, 6.45) is 0. The smallest absolute Gasteiger partial charge is 0.335 e. The maximum Gasteiger partial charge on any atom is 0.335 e. The molecule has 2 rings (SSSR count). The SMILES string of the molecule is O=C(O)c1ccc(CNc2ccccc2CO)cc1. The molecule has 0 bridgehead atoms. The van der Waals surface area contributed by atoms with Crippen LogP contribution in [0.25, 0.3) is 0 Å². The first-order valence-electron chi connectivity index (χ1n) is 5.95. The number of anilines is 1. The fraction of sp³-hybridized carbons (Fsp3) is 0.133. The van der Waals surface area contributed by atoms with Crippen LogP contribution in [0, 0.1) is 0 Å². The third-order valence-corrected chi connectivity index (χ3v) is 2.87. The third kappa shape index (κ3) is 3.33. The van der Waals surface area contributed by atoms with Crippen LogP contribution in [-0.2, 0) is 13.2 Å². The summed E-state index contributed by atoms with van der Waals surface area (Å²) in [6.45, 7) is 0.567. The Bertz CT molecular complexity index is 564. The molecule has 4 heteroatoms. The Labute approximate surface area is 111 Å². The lowest BCUT2D eigenvalue weighted by atomic mass is 10.1. The van der Waals surface area contributed by atoms with Crippen molar-refractivity contribution in [3.05, 3.63) is 65.2 Å². The predicted molar refractivity (Wildman–Crippen MR) is 73.1 cm³/mol. The van der Waals surface area contributed by atoms with Crippen molar-refractivity contribution in [2.75, 3.05) is 5.32 Å². The Hall–Kier alpha value is -2.33. The average molecular weight is 257 g/mol. The summed E-state index contributed by atoms with van der Waals surface area (Å²) >= 11 is 0. The van der Waals surface area contributed by atoms with Crippen LogP contribution in [0.4, 0.5) is 5.69 Å². The number of carboxylic acid groups (broad SMARTS) is 1. The highest BCUT2D eigenvalue weighted by Crippen LogP contribution is 2.16. The molecule has 0 saturated heterocycles. The normalized spacial score (nSPS) is 10.2. The molecule has 0 spiro atoms. The number of carboxylic acids is 1. The molecule has 0 radical (unpaired) electrons. The topological polar surface area (TPSA) is 69.6 Å². The largest absolute Gasteiger partial charge is 0.478 e. The number of aliphatic hydroxyl groups excluding tert-OH is 1. The fourth-order valence-electron chi connectivity index (χ4n) is 1.79. The van der Waals surface area contributed by atoms with Crippen molar-refractivity contribution >= 4 is 11.7 Å². The number of rotatable bonds is 5. The van der Waals surface area contributed by atoms with Gasteiger partial charge in [-0.15, -0.1) is 0 Å². The third-order valence-electron chi connectivity index (χ3n) is 2.87. The summed E-state index contributed by atoms with van der Waals surface area (Å²) in [7, 11) is 0. The molecule has 0 aromatic heterocycles. The Morgan fingerprint density at radius 3 is 2.37 bits per heavy atom. The summed E-state index contributed by atoms with van der Waals surface area (Å²) in [5.41, 5.74) is 2.98. The van der Waals surface area contributed by atoms with Crippen LogP contribution < -0.4 is 5.32 Å². The fourth-order valence-corrected chi connectivity index (χ4v) is 1.79. The van der Waals surface area contributed by atoms with Crippen LogP contribution in [-0.4, -0.2) is 16.2 Å². The van der Waals surface area contributed by atoms with Crippen molar-refractivity contribution in [1.82, 2.24) is 0 Å². The summed E-state index contributed by atoms with van der Waals surface area (Å²) in [6, 6.07) is 14.2. The summed E-state index contributed by atoms with van der Waals surface area (Å²) in [4.78, 5) is 10.7. The van der Waals surface area contributed by atoms with E-state index < -0.39 is 5.97 Å². The summed E-state index contributed by atoms with van der Waals surface area (Å²) in [5, 5.41) is 21.2. The highest BCUT2D eigenvalue weighted by atomic mass is 16.4. The number of hydrogen-bond acceptors (Lipinski definition) is 3. The number of aromatic carboxylic acids is 1. The molecule has 0 aliphatic rings. The second kappa shape index (κ2) is 6.02. The van der Waals surface area contributed by atoms with Gasteiger partial charge in [-0.05, 0) is 23.8 Å². The van der Waals surface area contributed by atoms with Gasteiger partial charge in [0.05, 0.1) is 12.2 Å². The van der Waals surface area contributed by atoms with Crippen LogP contribution >= 0.6 is 0 Å². The Morgan fingerprint density at radius 2 is 1.74 bits per heavy atom. The van der Waals surface area contributed by atoms with Gasteiger partial charge in [-0.1, -0.05) is 30.3 Å². The minimum absolute atomic E-state index is 0.0128. The van der Waals surface area contributed by atoms with E-state index in [1.54, 1.807) is 24.3 Å². The molecule has 2 aromatic rings. The standard InChI is InChI=1S/C15H15NO3/c17-10-13-3-1-2-4-14(13)16-9-11-5-7-12(8-6-11)15(18)19/h1-8,16-17H,9-10H2,(H,18,19). The van der Waals surface area contributed by atoms with Gasteiger partial charge in [-0.2, -0.15) is 0 Å². The minimum Gasteiger partial charge on any atom is -0.478 e. The molecule has 0 saturated carbocycles. The van der Waals surface area contributed by atoms with E-state index in [0.29, 0.717) is 6.54 Å². The Kier molecular flexibility index (Phi) is 4.15. The van der Waals surface area contributed by atoms with Crippen LogP contribution in [0.5, 0.6) is 0 Å². The number of para-hydroxylation sites is 1. The number of nitrogens with one attached hydrogen (secondary N) is 1. The van der Waals surface area contributed by atoms with E-state index in [4.69, 9.17) is 5.11 Å². The molecule has 98 valence electrons. The molecule has 0 atom stereocenters. The minimum atomic E-state index is -0.926. The highest BCUT2D eigenvalue weighted by Gasteiger charge is 2.03. The first-order chi connectivity index (χ1) is 9.20. The van der Waals surface area contributed by atoms with Gasteiger partial charge < -0.3 is 15.5 Å². The van der Waals surface area contributed by atoms with E-state index in [0.717, 1.165) is 16.8 Å². The molecule has 3 N–H and O–H groups in total. The summed E-state index contributed by atoms with van der Waals surface area (Å²) < 4.78 is 0. The van der Waals surface area contributed by atoms with Crippen molar-refractivity contribution in [1.29, 1.82) is 0 Å². The Morgan fingerprint density at radius 1 is 1.05 bits per heavy atom. The van der Waals surface area contributed by atoms with Crippen LogP contribution in [0.15, 0.2) is 48.5 Å². The van der Waals surface area contributed by atoms with E-state index in [-0.39, 0.29) is 12.2 Å². The lowest BCUT2D eigenvalue weighted by Crippen LogP contribution is -2.03. The van der Waals surface area contributed by atoms with Gasteiger partial charge >= 0.3 is 5.97 Å². The van der Waals surface area contributed by atoms with E-state index in [9.17, 15) is 9.90 Å². The molecule has 19 heavy (non-hydrogen) atoms. The van der Waals surface area contributed by atoms with Crippen LogP contribution in [0.1, 0.15) is 21.5 Å². The molecule has 0 unspecified atom stereocenters. The predicted octanol–water partition coefficient (Wildman–Crippen LogP) is 2.49. The van der Waals surface area contributed by atoms with Crippen molar-refractivity contribution in [3.63, 3.8) is 0 Å². The molecule has 0 heterocycles. The van der Waals surface area contributed by atoms with Crippen molar-refractivity contribution in [3.8, 4) is 0 Å². The van der Waals surface area contributed by atoms with Crippen molar-refractivity contribution in [2.45, 2.75) is 13.2 Å². The molecule has 0 amide bonds. The molecular formula is C15H15NO3. The zero-order chi connectivity index (χ0) is 13.7. The van der Waals surface area contributed by atoms with Gasteiger partial charge in [-0.25, -0.2) is 4.79 Å². The second-order valence-electron chi connectivity index (χ2n) is 4.17. The molecule has 0 aliphatic carbocycles. The van der Waals surface area contributed by atoms with Crippen molar-refractivity contribution < 1.29 is 15.0 Å². The second-order valence-corrected chi connectivity index (χ2v) is 4.17. The highest BCUT2D eigenvalue weighted by molar-refractivity contribution is 5.87. The van der Waals surface area contributed by atoms with Crippen LogP contribution in [0.2, 0.25) is 0 Å². The monoisotopic (exact) mass is 257 g/mol. The zero-order valence-corrected chi connectivity index (χ0v) is 10.3. The van der Waals surface area contributed by atoms with E-state index in [1.165, 1.54) is 0 Å². The molecule has 0 aliphatic heterocycles. The quantitative estimate of drug-likeness (QED) is 0.769. The number of benzene rings is 2. The maximum absolute atomic E-state index is 10.7. The average Bonchev–Trinajstić information content (AvgIpc) is 2.45. The number of carbonyl (C=O) groups is 1. The van der Waals surface area contributed by atoms with Gasteiger partial charge in [0.2, 0.25) is 0 Å². The van der Waals surface area contributed by atoms with Gasteiger partial charge in [0, 0.05) is 17.8 Å². The lowest BCUT2D eigenvalue weighted by Gasteiger charge is -2.10. The zero-order valence-electron chi connectivity index (χ0n) is 10.3. The lowest BCUT2D eigenvalue weighted by molar-refractivity contribution is 0.0697. The van der Waals surface area contributed by atoms with E-state index in [2.05, 4.69) is 5.32 Å². The van der Waals surface area contributed by atoms with E-state index in [1.807, 2.05) is 24.3 Å². The molecule has 4 nitrogen and oxygen atoms in total. The summed E-state index contributed by atoms with van der Waals surface area (Å²) in [5.74, 6) is -0.926. The maximum atomic E-state index is 10.7. The van der Waals surface area contributed by atoms with Gasteiger partial charge in [-0.3, -0.25) is 0 Å². The number of hydrogen-bond donors (Lipinski definition) is 3. The van der Waals surface area contributed by atoms with Crippen LogP contribution in [0.3, 0.4) is 0 Å². The molecular weight excluding hydrogens is 242 g/mol. The van der Waals surface area contributed by atoms with Crippen molar-refractivity contribution in [2.24, 2.45) is 0 Å². The Balaban J connectivity index is 2.04. The van der Waals surface area contributed by atoms with E-state index >= 15 is 0 Å². The van der Waals surface area contributed by atoms with Gasteiger partial charge in [0.1, 0.15) is 0 Å². The number of aliphatic hydroxyl groups is 1. The first-order valence-corrected chi connectivity index (χ1v) is 5.95. The van der Waals surface area contributed by atoms with Gasteiger partial charge in [0.25, 0.3) is 0 Å².